The third-order valence-corrected chi connectivity index (χ3v) is 6.24. The topological polar surface area (TPSA) is 0 Å². The van der Waals surface area contributed by atoms with Crippen molar-refractivity contribution in [3.63, 3.8) is 0 Å². The highest BCUT2D eigenvalue weighted by Gasteiger charge is 2.29. The second-order valence-corrected chi connectivity index (χ2v) is 7.61. The van der Waals surface area contributed by atoms with Crippen LogP contribution in [0.5, 0.6) is 0 Å². The third kappa shape index (κ3) is 2.34. The Kier molecular flexibility index (Phi) is 3.95. The van der Waals surface area contributed by atoms with Crippen LogP contribution in [-0.4, -0.2) is 0 Å². The first-order chi connectivity index (χ1) is 12.1. The second-order valence-electron chi connectivity index (χ2n) is 7.61. The van der Waals surface area contributed by atoms with Crippen LogP contribution in [-0.2, 0) is 19.3 Å². The number of hydrogen-bond donors (Lipinski definition) is 0. The first kappa shape index (κ1) is 16.4. The van der Waals surface area contributed by atoms with Crippen molar-refractivity contribution in [2.45, 2.75) is 60.3 Å². The van der Waals surface area contributed by atoms with Crippen molar-refractivity contribution >= 4 is 5.57 Å². The number of fused-ring (bicyclic) bond motifs is 3. The van der Waals surface area contributed by atoms with E-state index >= 15 is 0 Å². The van der Waals surface area contributed by atoms with Crippen molar-refractivity contribution in [1.82, 2.24) is 0 Å². The Morgan fingerprint density at radius 3 is 2.32 bits per heavy atom. The van der Waals surface area contributed by atoms with Crippen LogP contribution in [0.1, 0.15) is 64.8 Å². The van der Waals surface area contributed by atoms with Crippen molar-refractivity contribution in [1.29, 1.82) is 0 Å². The lowest BCUT2D eigenvalue weighted by molar-refractivity contribution is 1.06. The SMILES string of the molecule is CCc1cc(C)c2c(c1)Cc1c(C3=CC=CC3)c(CC)c(C)c(C)c1-2. The molecule has 0 heterocycles. The Morgan fingerprint density at radius 2 is 1.68 bits per heavy atom. The number of allylic oxidation sites excluding steroid dienone is 4. The smallest absolute Gasteiger partial charge is 0.000699 e. The van der Waals surface area contributed by atoms with Gasteiger partial charge in [0.25, 0.3) is 0 Å². The maximum Gasteiger partial charge on any atom is -0.000699 e. The van der Waals surface area contributed by atoms with Gasteiger partial charge in [0.1, 0.15) is 0 Å². The van der Waals surface area contributed by atoms with Crippen LogP contribution in [0.4, 0.5) is 0 Å². The molecule has 0 aliphatic heterocycles. The van der Waals surface area contributed by atoms with Gasteiger partial charge in [0.15, 0.2) is 0 Å². The fourth-order valence-electron chi connectivity index (χ4n) is 4.95. The first-order valence-electron chi connectivity index (χ1n) is 9.70. The Balaban J connectivity index is 2.05. The summed E-state index contributed by atoms with van der Waals surface area (Å²) < 4.78 is 0. The van der Waals surface area contributed by atoms with Crippen LogP contribution in [0, 0.1) is 20.8 Å². The molecule has 2 aromatic carbocycles. The molecule has 2 aromatic rings. The number of hydrogen-bond acceptors (Lipinski definition) is 0. The summed E-state index contributed by atoms with van der Waals surface area (Å²) >= 11 is 0. The molecule has 0 aromatic heterocycles. The Bertz CT molecular complexity index is 935. The lowest BCUT2D eigenvalue weighted by Crippen LogP contribution is -2.04. The van der Waals surface area contributed by atoms with Gasteiger partial charge in [-0.2, -0.15) is 0 Å². The van der Waals surface area contributed by atoms with E-state index in [0.717, 1.165) is 25.7 Å². The Hall–Kier alpha value is -2.08. The molecule has 0 heteroatoms. The van der Waals surface area contributed by atoms with Gasteiger partial charge in [0, 0.05) is 0 Å². The van der Waals surface area contributed by atoms with Gasteiger partial charge in [-0.1, -0.05) is 44.2 Å². The number of aryl methyl sites for hydroxylation is 2. The highest BCUT2D eigenvalue weighted by atomic mass is 14.3. The summed E-state index contributed by atoms with van der Waals surface area (Å²) in [5.41, 5.74) is 16.7. The lowest BCUT2D eigenvalue weighted by Gasteiger charge is -2.21. The van der Waals surface area contributed by atoms with Crippen molar-refractivity contribution in [3.05, 3.63) is 74.9 Å². The van der Waals surface area contributed by atoms with E-state index in [1.807, 2.05) is 0 Å². The van der Waals surface area contributed by atoms with Crippen LogP contribution in [0.3, 0.4) is 0 Å². The van der Waals surface area contributed by atoms with Crippen molar-refractivity contribution < 1.29 is 0 Å². The molecule has 0 saturated carbocycles. The summed E-state index contributed by atoms with van der Waals surface area (Å²) in [5.74, 6) is 0. The summed E-state index contributed by atoms with van der Waals surface area (Å²) in [7, 11) is 0. The highest BCUT2D eigenvalue weighted by Crippen LogP contribution is 2.48. The van der Waals surface area contributed by atoms with Crippen LogP contribution < -0.4 is 0 Å². The van der Waals surface area contributed by atoms with Gasteiger partial charge in [-0.3, -0.25) is 0 Å². The van der Waals surface area contributed by atoms with E-state index in [1.54, 1.807) is 16.7 Å². The molecule has 0 radical (unpaired) electrons. The molecule has 0 fully saturated rings. The van der Waals surface area contributed by atoms with Crippen LogP contribution in [0.15, 0.2) is 30.4 Å². The summed E-state index contributed by atoms with van der Waals surface area (Å²) in [5, 5.41) is 0. The molecule has 2 aliphatic carbocycles. The van der Waals surface area contributed by atoms with Crippen molar-refractivity contribution in [3.8, 4) is 11.1 Å². The second kappa shape index (κ2) is 6.02. The zero-order valence-electron chi connectivity index (χ0n) is 16.2. The van der Waals surface area contributed by atoms with E-state index in [0.29, 0.717) is 0 Å². The molecular formula is C25H28. The molecule has 128 valence electrons. The molecule has 0 unspecified atom stereocenters. The standard InChI is InChI=1S/C25H28/c1-6-18-12-15(3)23-20(13-18)14-22-24(23)17(5)16(4)21(7-2)25(22)19-10-8-9-11-19/h8-10,12-13H,6-7,11,14H2,1-5H3. The van der Waals surface area contributed by atoms with Crippen LogP contribution in [0.25, 0.3) is 16.7 Å². The predicted molar refractivity (Wildman–Crippen MR) is 109 cm³/mol. The summed E-state index contributed by atoms with van der Waals surface area (Å²) in [6.45, 7) is 11.5. The van der Waals surface area contributed by atoms with E-state index < -0.39 is 0 Å². The maximum atomic E-state index is 2.45. The van der Waals surface area contributed by atoms with E-state index in [2.05, 4.69) is 65.0 Å². The van der Waals surface area contributed by atoms with Crippen LogP contribution >= 0.6 is 0 Å². The van der Waals surface area contributed by atoms with Crippen molar-refractivity contribution in [2.24, 2.45) is 0 Å². The quantitative estimate of drug-likeness (QED) is 0.505. The molecule has 0 spiro atoms. The molecule has 0 nitrogen and oxygen atoms in total. The molecular weight excluding hydrogens is 300 g/mol. The highest BCUT2D eigenvalue weighted by molar-refractivity contribution is 5.90. The maximum absolute atomic E-state index is 2.45. The lowest BCUT2D eigenvalue weighted by atomic mass is 9.83. The third-order valence-electron chi connectivity index (χ3n) is 6.24. The zero-order chi connectivity index (χ0) is 17.7. The van der Waals surface area contributed by atoms with E-state index in [9.17, 15) is 0 Å². The predicted octanol–water partition coefficient (Wildman–Crippen LogP) is 6.65. The minimum Gasteiger partial charge on any atom is -0.0801 e. The van der Waals surface area contributed by atoms with Gasteiger partial charge < -0.3 is 0 Å². The Labute approximate surface area is 152 Å². The van der Waals surface area contributed by atoms with Crippen LogP contribution in [0.2, 0.25) is 0 Å². The average molecular weight is 328 g/mol. The summed E-state index contributed by atoms with van der Waals surface area (Å²) in [6, 6.07) is 4.85. The minimum atomic E-state index is 1.08. The van der Waals surface area contributed by atoms with Gasteiger partial charge in [-0.05, 0) is 108 Å². The molecule has 0 amide bonds. The average Bonchev–Trinajstić information content (AvgIpc) is 3.25. The van der Waals surface area contributed by atoms with Crippen molar-refractivity contribution in [2.75, 3.05) is 0 Å². The van der Waals surface area contributed by atoms with E-state index in [1.165, 1.54) is 44.5 Å². The normalized spacial score (nSPS) is 14.7. The first-order valence-corrected chi connectivity index (χ1v) is 9.70. The minimum absolute atomic E-state index is 1.08. The van der Waals surface area contributed by atoms with E-state index in [4.69, 9.17) is 0 Å². The summed E-state index contributed by atoms with van der Waals surface area (Å²) in [4.78, 5) is 0. The monoisotopic (exact) mass is 328 g/mol. The fourth-order valence-corrected chi connectivity index (χ4v) is 4.95. The number of benzene rings is 2. The van der Waals surface area contributed by atoms with Gasteiger partial charge >= 0.3 is 0 Å². The van der Waals surface area contributed by atoms with Gasteiger partial charge in [-0.25, -0.2) is 0 Å². The molecule has 4 rings (SSSR count). The van der Waals surface area contributed by atoms with E-state index in [-0.39, 0.29) is 0 Å². The molecule has 0 bridgehead atoms. The summed E-state index contributed by atoms with van der Waals surface area (Å²) in [6.07, 6.45) is 11.2. The van der Waals surface area contributed by atoms with Gasteiger partial charge in [0.2, 0.25) is 0 Å². The molecule has 2 aliphatic rings. The fraction of sp³-hybridized carbons (Fsp3) is 0.360. The Morgan fingerprint density at radius 1 is 0.880 bits per heavy atom. The molecule has 0 saturated heterocycles. The molecule has 25 heavy (non-hydrogen) atoms. The number of rotatable bonds is 3. The largest absolute Gasteiger partial charge is 0.0801 e. The zero-order valence-corrected chi connectivity index (χ0v) is 16.2. The van der Waals surface area contributed by atoms with Gasteiger partial charge in [0.05, 0.1) is 0 Å². The molecule has 0 N–H and O–H groups in total. The van der Waals surface area contributed by atoms with Gasteiger partial charge in [-0.15, -0.1) is 0 Å². The molecule has 0 atom stereocenters.